The molecule has 0 saturated heterocycles. The first-order valence-corrected chi connectivity index (χ1v) is 10.0. The van der Waals surface area contributed by atoms with Crippen LogP contribution in [-0.2, 0) is 5.41 Å². The molecule has 0 radical (unpaired) electrons. The molecule has 0 spiro atoms. The molecule has 0 fully saturated rings. The second-order valence-corrected chi connectivity index (χ2v) is 8.77. The average Bonchev–Trinajstić information content (AvgIpc) is 2.67. The number of amides is 1. The summed E-state index contributed by atoms with van der Waals surface area (Å²) in [6.07, 6.45) is 0. The number of para-hydroxylation sites is 1. The number of hydrogen-bond donors (Lipinski definition) is 1. The summed E-state index contributed by atoms with van der Waals surface area (Å²) in [6, 6.07) is 13.2. The van der Waals surface area contributed by atoms with Crippen LogP contribution in [0.2, 0.25) is 5.02 Å². The number of aromatic nitrogens is 1. The molecule has 4 nitrogen and oxygen atoms in total. The van der Waals surface area contributed by atoms with Crippen LogP contribution in [0.5, 0.6) is 5.75 Å². The molecule has 0 bridgehead atoms. The Morgan fingerprint density at radius 3 is 2.55 bits per heavy atom. The van der Waals surface area contributed by atoms with Gasteiger partial charge in [-0.1, -0.05) is 50.6 Å². The van der Waals surface area contributed by atoms with Gasteiger partial charge < -0.3 is 10.1 Å². The van der Waals surface area contributed by atoms with E-state index >= 15 is 0 Å². The highest BCUT2D eigenvalue weighted by Gasteiger charge is 2.20. The highest BCUT2D eigenvalue weighted by molar-refractivity contribution is 6.31. The SMILES string of the molecule is COc1cc(Cl)c([C@@H](C)NC(=O)c2cccc3ccc(C(C)(C)C)nc23)cc1C. The molecule has 2 aromatic carbocycles. The normalized spacial score (nSPS) is 12.7. The number of nitrogens with one attached hydrogen (secondary N) is 1. The second-order valence-electron chi connectivity index (χ2n) is 8.36. The van der Waals surface area contributed by atoms with Crippen LogP contribution >= 0.6 is 11.6 Å². The van der Waals surface area contributed by atoms with Gasteiger partial charge in [0.15, 0.2) is 0 Å². The molecule has 0 aliphatic heterocycles. The summed E-state index contributed by atoms with van der Waals surface area (Å²) in [6.45, 7) is 10.2. The van der Waals surface area contributed by atoms with Crippen molar-refractivity contribution in [3.05, 3.63) is 69.9 Å². The van der Waals surface area contributed by atoms with E-state index in [4.69, 9.17) is 21.3 Å². The lowest BCUT2D eigenvalue weighted by atomic mass is 9.91. The zero-order valence-electron chi connectivity index (χ0n) is 17.8. The van der Waals surface area contributed by atoms with Gasteiger partial charge in [0.1, 0.15) is 5.75 Å². The number of benzene rings is 2. The van der Waals surface area contributed by atoms with Crippen LogP contribution < -0.4 is 10.1 Å². The van der Waals surface area contributed by atoms with E-state index in [1.807, 2.05) is 50.2 Å². The number of pyridine rings is 1. The van der Waals surface area contributed by atoms with Crippen molar-refractivity contribution >= 4 is 28.4 Å². The zero-order valence-corrected chi connectivity index (χ0v) is 18.5. The molecule has 0 unspecified atom stereocenters. The molecule has 152 valence electrons. The molecule has 1 amide bonds. The quantitative estimate of drug-likeness (QED) is 0.574. The molecule has 1 atom stereocenters. The van der Waals surface area contributed by atoms with Gasteiger partial charge in [-0.15, -0.1) is 0 Å². The number of rotatable bonds is 4. The maximum Gasteiger partial charge on any atom is 0.253 e. The highest BCUT2D eigenvalue weighted by atomic mass is 35.5. The van der Waals surface area contributed by atoms with E-state index < -0.39 is 0 Å². The summed E-state index contributed by atoms with van der Waals surface area (Å²) in [4.78, 5) is 17.9. The molecular formula is C24H27ClN2O2. The van der Waals surface area contributed by atoms with Gasteiger partial charge in [0.25, 0.3) is 5.91 Å². The third-order valence-corrected chi connectivity index (χ3v) is 5.39. The number of nitrogens with zero attached hydrogens (tertiary/aromatic N) is 1. The van der Waals surface area contributed by atoms with Gasteiger partial charge >= 0.3 is 0 Å². The van der Waals surface area contributed by atoms with Gasteiger partial charge in [-0.05, 0) is 49.2 Å². The second kappa shape index (κ2) is 8.03. The van der Waals surface area contributed by atoms with Gasteiger partial charge in [-0.2, -0.15) is 0 Å². The Labute approximate surface area is 177 Å². The Balaban J connectivity index is 1.95. The standard InChI is InChI=1S/C24H27ClN2O2/c1-14-12-18(19(25)13-20(14)29-6)15(2)26-23(28)17-9-7-8-16-10-11-21(24(3,4)5)27-22(16)17/h7-13,15H,1-6H3,(H,26,28)/t15-/m1/s1. The highest BCUT2D eigenvalue weighted by Crippen LogP contribution is 2.31. The summed E-state index contributed by atoms with van der Waals surface area (Å²) in [7, 11) is 1.61. The number of aryl methyl sites for hydroxylation is 1. The lowest BCUT2D eigenvalue weighted by Crippen LogP contribution is -2.27. The fraction of sp³-hybridized carbons (Fsp3) is 0.333. The number of ether oxygens (including phenoxy) is 1. The molecule has 29 heavy (non-hydrogen) atoms. The Morgan fingerprint density at radius 2 is 1.90 bits per heavy atom. The first-order valence-electron chi connectivity index (χ1n) is 9.67. The molecule has 1 aromatic heterocycles. The summed E-state index contributed by atoms with van der Waals surface area (Å²) in [5.41, 5.74) is 3.94. The third kappa shape index (κ3) is 4.38. The summed E-state index contributed by atoms with van der Waals surface area (Å²) >= 11 is 6.43. The molecule has 3 aromatic rings. The van der Waals surface area contributed by atoms with Crippen molar-refractivity contribution in [3.8, 4) is 5.75 Å². The van der Waals surface area contributed by atoms with Crippen molar-refractivity contribution in [1.82, 2.24) is 10.3 Å². The summed E-state index contributed by atoms with van der Waals surface area (Å²) in [5, 5.41) is 4.57. The van der Waals surface area contributed by atoms with E-state index in [2.05, 4.69) is 26.1 Å². The Bertz CT molecular complexity index is 1070. The smallest absolute Gasteiger partial charge is 0.253 e. The molecular weight excluding hydrogens is 384 g/mol. The average molecular weight is 411 g/mol. The molecule has 1 heterocycles. The topological polar surface area (TPSA) is 51.2 Å². The minimum absolute atomic E-state index is 0.0980. The number of fused-ring (bicyclic) bond motifs is 1. The molecule has 0 saturated carbocycles. The van der Waals surface area contributed by atoms with Crippen LogP contribution in [0, 0.1) is 6.92 Å². The van der Waals surface area contributed by atoms with Crippen molar-refractivity contribution in [1.29, 1.82) is 0 Å². The van der Waals surface area contributed by atoms with E-state index in [-0.39, 0.29) is 17.4 Å². The largest absolute Gasteiger partial charge is 0.496 e. The van der Waals surface area contributed by atoms with Crippen molar-refractivity contribution in [2.45, 2.75) is 46.1 Å². The Kier molecular flexibility index (Phi) is 5.85. The lowest BCUT2D eigenvalue weighted by Gasteiger charge is -2.20. The maximum atomic E-state index is 13.1. The van der Waals surface area contributed by atoms with Crippen molar-refractivity contribution in [3.63, 3.8) is 0 Å². The predicted octanol–water partition coefficient (Wildman–Crippen LogP) is 5.99. The monoisotopic (exact) mass is 410 g/mol. The van der Waals surface area contributed by atoms with Crippen LogP contribution in [0.15, 0.2) is 42.5 Å². The number of carbonyl (C=O) groups is 1. The van der Waals surface area contributed by atoms with Gasteiger partial charge in [-0.3, -0.25) is 9.78 Å². The molecule has 0 aliphatic carbocycles. The number of carbonyl (C=O) groups excluding carboxylic acids is 1. The fourth-order valence-electron chi connectivity index (χ4n) is 3.34. The van der Waals surface area contributed by atoms with Gasteiger partial charge in [-0.25, -0.2) is 0 Å². The fourth-order valence-corrected chi connectivity index (χ4v) is 3.65. The van der Waals surface area contributed by atoms with E-state index in [9.17, 15) is 4.79 Å². The summed E-state index contributed by atoms with van der Waals surface area (Å²) in [5.74, 6) is 0.552. The molecule has 0 aliphatic rings. The van der Waals surface area contributed by atoms with Crippen LogP contribution in [0.1, 0.15) is 60.9 Å². The minimum Gasteiger partial charge on any atom is -0.496 e. The summed E-state index contributed by atoms with van der Waals surface area (Å²) < 4.78 is 5.32. The maximum absolute atomic E-state index is 13.1. The minimum atomic E-state index is -0.263. The first-order chi connectivity index (χ1) is 13.6. The van der Waals surface area contributed by atoms with E-state index in [0.29, 0.717) is 16.1 Å². The van der Waals surface area contributed by atoms with Crippen LogP contribution in [0.3, 0.4) is 0 Å². The molecule has 3 rings (SSSR count). The first kappa shape index (κ1) is 21.1. The van der Waals surface area contributed by atoms with Crippen LogP contribution in [0.25, 0.3) is 10.9 Å². The van der Waals surface area contributed by atoms with Gasteiger partial charge in [0.05, 0.1) is 24.2 Å². The van der Waals surface area contributed by atoms with Crippen molar-refractivity contribution in [2.75, 3.05) is 7.11 Å². The number of halogens is 1. The lowest BCUT2D eigenvalue weighted by molar-refractivity contribution is 0.0941. The third-order valence-electron chi connectivity index (χ3n) is 5.06. The van der Waals surface area contributed by atoms with Crippen molar-refractivity contribution in [2.24, 2.45) is 0 Å². The Hall–Kier alpha value is -2.59. The van der Waals surface area contributed by atoms with E-state index in [0.717, 1.165) is 28.0 Å². The molecule has 1 N–H and O–H groups in total. The van der Waals surface area contributed by atoms with Gasteiger partial charge in [0, 0.05) is 21.5 Å². The van der Waals surface area contributed by atoms with Crippen molar-refractivity contribution < 1.29 is 9.53 Å². The number of methoxy groups -OCH3 is 1. The predicted molar refractivity (Wildman–Crippen MR) is 119 cm³/mol. The number of hydrogen-bond acceptors (Lipinski definition) is 3. The van der Waals surface area contributed by atoms with Crippen LogP contribution in [0.4, 0.5) is 0 Å². The zero-order chi connectivity index (χ0) is 21.3. The molecule has 5 heteroatoms. The van der Waals surface area contributed by atoms with E-state index in [1.54, 1.807) is 13.2 Å². The van der Waals surface area contributed by atoms with Gasteiger partial charge in [0.2, 0.25) is 0 Å². The van der Waals surface area contributed by atoms with Crippen LogP contribution in [-0.4, -0.2) is 18.0 Å². The Morgan fingerprint density at radius 1 is 1.17 bits per heavy atom. The van der Waals surface area contributed by atoms with E-state index in [1.165, 1.54) is 0 Å².